The summed E-state index contributed by atoms with van der Waals surface area (Å²) in [6.45, 7) is 9.48. The molecule has 0 aliphatic rings. The van der Waals surface area contributed by atoms with Gasteiger partial charge in [0, 0.05) is 23.5 Å². The van der Waals surface area contributed by atoms with Crippen molar-refractivity contribution in [3.05, 3.63) is 139 Å². The summed E-state index contributed by atoms with van der Waals surface area (Å²) >= 11 is 0. The Labute approximate surface area is 229 Å². The average Bonchev–Trinajstić information content (AvgIpc) is 3.31. The number of nitriles is 2. The Bertz CT molecular complexity index is 1760. The van der Waals surface area contributed by atoms with Crippen LogP contribution in [0.5, 0.6) is 0 Å². The van der Waals surface area contributed by atoms with Gasteiger partial charge in [-0.05, 0) is 61.4 Å². The smallest absolute Gasteiger partial charge is 0.140 e. The molecule has 4 aromatic rings. The van der Waals surface area contributed by atoms with Crippen LogP contribution in [0, 0.1) is 22.7 Å². The van der Waals surface area contributed by atoms with Crippen molar-refractivity contribution < 1.29 is 0 Å². The fourth-order valence-corrected chi connectivity index (χ4v) is 4.45. The zero-order valence-electron chi connectivity index (χ0n) is 22.2. The van der Waals surface area contributed by atoms with Crippen LogP contribution in [-0.2, 0) is 0 Å². The summed E-state index contributed by atoms with van der Waals surface area (Å²) in [5, 5.41) is 21.0. The van der Waals surface area contributed by atoms with Crippen molar-refractivity contribution >= 4 is 27.6 Å². The fraction of sp³-hybridized carbons (Fsp3) is 0.0882. The molecule has 0 aliphatic heterocycles. The molecule has 0 amide bonds. The van der Waals surface area contributed by atoms with Crippen LogP contribution >= 0.6 is 0 Å². The second-order valence-corrected chi connectivity index (χ2v) is 8.89. The summed E-state index contributed by atoms with van der Waals surface area (Å²) in [6, 6.07) is 24.3. The molecule has 2 aromatic carbocycles. The van der Waals surface area contributed by atoms with Crippen molar-refractivity contribution in [2.75, 3.05) is 11.9 Å². The Hall–Kier alpha value is -5.39. The molecule has 5 nitrogen and oxygen atoms in total. The SMILES string of the molecule is C=C/C=C\C=C/CC(/C=C(/C#N)C=C)=C(/C)N(C)c1cccc(-n2c3ccccc3c3cc(C#N)ccc32)n1. The maximum Gasteiger partial charge on any atom is 0.140 e. The maximum absolute atomic E-state index is 9.50. The molecule has 4 rings (SSSR count). The monoisotopic (exact) mass is 507 g/mol. The zero-order valence-corrected chi connectivity index (χ0v) is 22.2. The lowest BCUT2D eigenvalue weighted by atomic mass is 10.1. The summed E-state index contributed by atoms with van der Waals surface area (Å²) in [6.07, 6.45) is 13.6. The number of allylic oxidation sites excluding steroid dienone is 10. The van der Waals surface area contributed by atoms with Crippen LogP contribution < -0.4 is 4.90 Å². The largest absolute Gasteiger partial charge is 0.333 e. The van der Waals surface area contributed by atoms with E-state index in [4.69, 9.17) is 4.98 Å². The molecule has 5 heteroatoms. The molecule has 0 fully saturated rings. The molecule has 2 aromatic heterocycles. The number of benzene rings is 2. The molecule has 0 saturated carbocycles. The van der Waals surface area contributed by atoms with E-state index in [1.165, 1.54) is 0 Å². The highest BCUT2D eigenvalue weighted by Gasteiger charge is 2.15. The van der Waals surface area contributed by atoms with Crippen LogP contribution in [0.15, 0.2) is 133 Å². The van der Waals surface area contributed by atoms with Gasteiger partial charge in [-0.1, -0.05) is 73.9 Å². The van der Waals surface area contributed by atoms with Gasteiger partial charge in [-0.25, -0.2) is 4.98 Å². The fourth-order valence-electron chi connectivity index (χ4n) is 4.45. The number of nitrogens with zero attached hydrogens (tertiary/aromatic N) is 5. The number of para-hydroxylation sites is 1. The third kappa shape index (κ3) is 5.64. The highest BCUT2D eigenvalue weighted by molar-refractivity contribution is 6.09. The molecule has 0 saturated heterocycles. The number of aromatic nitrogens is 2. The number of anilines is 1. The lowest BCUT2D eigenvalue weighted by Crippen LogP contribution is -2.18. The number of rotatable bonds is 9. The van der Waals surface area contributed by atoms with E-state index < -0.39 is 0 Å². The van der Waals surface area contributed by atoms with E-state index in [9.17, 15) is 10.5 Å². The van der Waals surface area contributed by atoms with E-state index in [2.05, 4.69) is 42.0 Å². The van der Waals surface area contributed by atoms with E-state index in [1.807, 2.05) is 97.8 Å². The minimum absolute atomic E-state index is 0.497. The van der Waals surface area contributed by atoms with Gasteiger partial charge in [0.25, 0.3) is 0 Å². The highest BCUT2D eigenvalue weighted by Crippen LogP contribution is 2.32. The van der Waals surface area contributed by atoms with Gasteiger partial charge >= 0.3 is 0 Å². The van der Waals surface area contributed by atoms with Gasteiger partial charge in [0.15, 0.2) is 0 Å². The van der Waals surface area contributed by atoms with Crippen LogP contribution in [0.3, 0.4) is 0 Å². The molecule has 0 radical (unpaired) electrons. The first-order valence-corrected chi connectivity index (χ1v) is 12.5. The van der Waals surface area contributed by atoms with Crippen molar-refractivity contribution in [2.24, 2.45) is 0 Å². The summed E-state index contributed by atoms with van der Waals surface area (Å²) in [4.78, 5) is 7.08. The van der Waals surface area contributed by atoms with Gasteiger partial charge in [-0.3, -0.25) is 4.57 Å². The van der Waals surface area contributed by atoms with Crippen molar-refractivity contribution in [3.8, 4) is 18.0 Å². The number of pyridine rings is 1. The molecule has 0 bridgehead atoms. The van der Waals surface area contributed by atoms with Crippen LogP contribution in [0.4, 0.5) is 5.82 Å². The van der Waals surface area contributed by atoms with Crippen molar-refractivity contribution in [1.82, 2.24) is 9.55 Å². The van der Waals surface area contributed by atoms with Gasteiger partial charge < -0.3 is 4.90 Å². The van der Waals surface area contributed by atoms with E-state index in [0.717, 1.165) is 44.7 Å². The van der Waals surface area contributed by atoms with Crippen molar-refractivity contribution in [3.63, 3.8) is 0 Å². The molecule has 0 aliphatic carbocycles. The molecule has 0 N–H and O–H groups in total. The average molecular weight is 508 g/mol. The predicted octanol–water partition coefficient (Wildman–Crippen LogP) is 8.09. The van der Waals surface area contributed by atoms with E-state index in [-0.39, 0.29) is 0 Å². The number of fused-ring (bicyclic) bond motifs is 3. The van der Waals surface area contributed by atoms with Crippen molar-refractivity contribution in [1.29, 1.82) is 10.5 Å². The predicted molar refractivity (Wildman–Crippen MR) is 161 cm³/mol. The second kappa shape index (κ2) is 12.2. The van der Waals surface area contributed by atoms with Gasteiger partial charge in [-0.15, -0.1) is 0 Å². The van der Waals surface area contributed by atoms with Crippen LogP contribution in [0.2, 0.25) is 0 Å². The third-order valence-electron chi connectivity index (χ3n) is 6.57. The summed E-state index contributed by atoms with van der Waals surface area (Å²) < 4.78 is 2.13. The van der Waals surface area contributed by atoms with Crippen LogP contribution in [0.25, 0.3) is 27.6 Å². The van der Waals surface area contributed by atoms with Gasteiger partial charge in [0.1, 0.15) is 11.6 Å². The van der Waals surface area contributed by atoms with Crippen LogP contribution in [-0.4, -0.2) is 16.6 Å². The molecular formula is C34H29N5. The van der Waals surface area contributed by atoms with Gasteiger partial charge in [-0.2, -0.15) is 10.5 Å². The summed E-state index contributed by atoms with van der Waals surface area (Å²) in [5.41, 5.74) is 5.07. The maximum atomic E-state index is 9.50. The first-order chi connectivity index (χ1) is 19.0. The Kier molecular flexibility index (Phi) is 8.36. The first-order valence-electron chi connectivity index (χ1n) is 12.5. The van der Waals surface area contributed by atoms with E-state index >= 15 is 0 Å². The Balaban J connectivity index is 1.82. The highest BCUT2D eigenvalue weighted by atomic mass is 15.2. The Morgan fingerprint density at radius 1 is 0.974 bits per heavy atom. The van der Waals surface area contributed by atoms with Gasteiger partial charge in [0.2, 0.25) is 0 Å². The summed E-state index contributed by atoms with van der Waals surface area (Å²) in [7, 11) is 1.97. The van der Waals surface area contributed by atoms with Crippen LogP contribution in [0.1, 0.15) is 18.9 Å². The lowest BCUT2D eigenvalue weighted by molar-refractivity contribution is 0.984. The molecule has 2 heterocycles. The normalized spacial score (nSPS) is 12.5. The summed E-state index contributed by atoms with van der Waals surface area (Å²) in [5.74, 6) is 1.54. The number of hydrogen-bond acceptors (Lipinski definition) is 4. The topological polar surface area (TPSA) is 68.6 Å². The minimum Gasteiger partial charge on any atom is -0.333 e. The quantitative estimate of drug-likeness (QED) is 0.170. The Morgan fingerprint density at radius 3 is 2.51 bits per heavy atom. The molecule has 0 unspecified atom stereocenters. The van der Waals surface area contributed by atoms with Crippen molar-refractivity contribution in [2.45, 2.75) is 13.3 Å². The first kappa shape index (κ1) is 26.7. The van der Waals surface area contributed by atoms with E-state index in [0.29, 0.717) is 17.6 Å². The van der Waals surface area contributed by atoms with E-state index in [1.54, 1.807) is 12.2 Å². The standard InChI is InChI=1S/C34H29N5/c1-5-7-8-9-10-14-28(21-26(6-2)23-35)25(3)38(4)33-17-13-18-34(37-33)39-31-16-12-11-15-29(31)30-22-27(24-36)19-20-32(30)39/h5-13,15-22H,1-2,14H2,3-4H3/b8-7-,10-9-,26-21+,28-25+. The third-order valence-corrected chi connectivity index (χ3v) is 6.57. The molecule has 39 heavy (non-hydrogen) atoms. The lowest BCUT2D eigenvalue weighted by Gasteiger charge is -2.22. The van der Waals surface area contributed by atoms with Gasteiger partial charge in [0.05, 0.1) is 34.3 Å². The number of hydrogen-bond donors (Lipinski definition) is 0. The molecule has 190 valence electrons. The Morgan fingerprint density at radius 2 is 1.77 bits per heavy atom. The molecule has 0 spiro atoms. The minimum atomic E-state index is 0.497. The zero-order chi connectivity index (χ0) is 27.8. The second-order valence-electron chi connectivity index (χ2n) is 8.89. The molecule has 0 atom stereocenters. The molecular weight excluding hydrogens is 478 g/mol.